The molecule has 3 rings (SSSR count). The smallest absolute Gasteiger partial charge is 0.305 e. The second-order valence-corrected chi connectivity index (χ2v) is 5.06. The van der Waals surface area contributed by atoms with E-state index in [1.54, 1.807) is 4.68 Å². The minimum absolute atomic E-state index is 0.171. The molecule has 0 aliphatic rings. The van der Waals surface area contributed by atoms with E-state index in [9.17, 15) is 14.4 Å². The lowest BCUT2D eigenvalue weighted by Gasteiger charge is -2.07. The van der Waals surface area contributed by atoms with Gasteiger partial charge in [0, 0.05) is 17.8 Å². The van der Waals surface area contributed by atoms with Gasteiger partial charge in [-0.1, -0.05) is 0 Å². The first-order chi connectivity index (χ1) is 11.4. The third-order valence-electron chi connectivity index (χ3n) is 3.13. The topological polar surface area (TPSA) is 138 Å². The summed E-state index contributed by atoms with van der Waals surface area (Å²) in [6.45, 7) is 3.73. The third kappa shape index (κ3) is 3.11. The van der Waals surface area contributed by atoms with Gasteiger partial charge in [0.1, 0.15) is 17.8 Å². The highest BCUT2D eigenvalue weighted by molar-refractivity contribution is 6.02. The molecule has 0 aromatic carbocycles. The molecule has 10 nitrogen and oxygen atoms in total. The Balaban J connectivity index is 1.89. The molecule has 0 spiro atoms. The molecule has 10 heteroatoms. The van der Waals surface area contributed by atoms with Crippen LogP contribution in [0.15, 0.2) is 34.1 Å². The number of aromatic nitrogens is 6. The minimum Gasteiger partial charge on any atom is -0.305 e. The van der Waals surface area contributed by atoms with E-state index >= 15 is 0 Å². The molecule has 0 fully saturated rings. The number of aromatic amines is 2. The van der Waals surface area contributed by atoms with Gasteiger partial charge >= 0.3 is 5.69 Å². The van der Waals surface area contributed by atoms with E-state index in [0.29, 0.717) is 5.82 Å². The largest absolute Gasteiger partial charge is 0.326 e. The van der Waals surface area contributed by atoms with Crippen LogP contribution in [-0.4, -0.2) is 35.6 Å². The summed E-state index contributed by atoms with van der Waals surface area (Å²) in [7, 11) is 0. The van der Waals surface area contributed by atoms with Crippen molar-refractivity contribution < 1.29 is 4.79 Å². The lowest BCUT2D eigenvalue weighted by molar-refractivity contribution is 0.102. The van der Waals surface area contributed by atoms with Gasteiger partial charge in [0.2, 0.25) is 0 Å². The first-order valence-corrected chi connectivity index (χ1v) is 6.93. The lowest BCUT2D eigenvalue weighted by Crippen LogP contribution is -2.27. The monoisotopic (exact) mass is 327 g/mol. The van der Waals surface area contributed by atoms with Gasteiger partial charge in [0.25, 0.3) is 11.5 Å². The van der Waals surface area contributed by atoms with E-state index in [2.05, 4.69) is 25.4 Å². The van der Waals surface area contributed by atoms with Gasteiger partial charge in [-0.2, -0.15) is 5.10 Å². The zero-order valence-corrected chi connectivity index (χ0v) is 12.8. The number of aryl methyl sites for hydroxylation is 2. The zero-order chi connectivity index (χ0) is 17.3. The summed E-state index contributed by atoms with van der Waals surface area (Å²) in [5.74, 6) is 0.0141. The summed E-state index contributed by atoms with van der Waals surface area (Å²) in [6, 6.07) is 4.41. The molecule has 1 amide bonds. The number of rotatable bonds is 3. The molecule has 122 valence electrons. The molecule has 3 heterocycles. The zero-order valence-electron chi connectivity index (χ0n) is 12.8. The van der Waals surface area contributed by atoms with E-state index in [1.807, 2.05) is 24.9 Å². The van der Waals surface area contributed by atoms with Crippen LogP contribution in [0.2, 0.25) is 0 Å². The average Bonchev–Trinajstić information content (AvgIpc) is 2.85. The Labute approximate surface area is 134 Å². The van der Waals surface area contributed by atoms with Gasteiger partial charge in [0.15, 0.2) is 5.82 Å². The predicted octanol–water partition coefficient (Wildman–Crippen LogP) is -0.0920. The molecule has 3 aromatic heterocycles. The van der Waals surface area contributed by atoms with Crippen LogP contribution in [0.3, 0.4) is 0 Å². The average molecular weight is 327 g/mol. The molecule has 0 aliphatic carbocycles. The van der Waals surface area contributed by atoms with Gasteiger partial charge in [0.05, 0.1) is 5.69 Å². The Morgan fingerprint density at radius 2 is 1.92 bits per heavy atom. The van der Waals surface area contributed by atoms with Gasteiger partial charge < -0.3 is 10.3 Å². The third-order valence-corrected chi connectivity index (χ3v) is 3.13. The van der Waals surface area contributed by atoms with Crippen molar-refractivity contribution in [2.75, 3.05) is 5.32 Å². The molecule has 0 radical (unpaired) electrons. The van der Waals surface area contributed by atoms with Crippen LogP contribution in [-0.2, 0) is 0 Å². The normalized spacial score (nSPS) is 10.6. The molecule has 0 atom stereocenters. The number of carbonyl (C=O) groups is 1. The van der Waals surface area contributed by atoms with Crippen molar-refractivity contribution in [2.45, 2.75) is 13.8 Å². The van der Waals surface area contributed by atoms with Crippen LogP contribution in [0.4, 0.5) is 5.82 Å². The fraction of sp³-hybridized carbons (Fsp3) is 0.143. The summed E-state index contributed by atoms with van der Waals surface area (Å²) in [5.41, 5.74) is 0.101. The van der Waals surface area contributed by atoms with E-state index in [0.717, 1.165) is 17.5 Å². The number of carbonyl (C=O) groups excluding carboxylic acids is 1. The Kier molecular flexibility index (Phi) is 3.78. The Hall–Kier alpha value is -3.56. The molecule has 0 bridgehead atoms. The number of nitrogens with one attached hydrogen (secondary N) is 3. The molecular formula is C14H13N7O3. The fourth-order valence-electron chi connectivity index (χ4n) is 2.17. The van der Waals surface area contributed by atoms with E-state index < -0.39 is 17.2 Å². The summed E-state index contributed by atoms with van der Waals surface area (Å²) >= 11 is 0. The first kappa shape index (κ1) is 15.3. The van der Waals surface area contributed by atoms with E-state index in [1.165, 1.54) is 12.4 Å². The van der Waals surface area contributed by atoms with E-state index in [4.69, 9.17) is 0 Å². The maximum Gasteiger partial charge on any atom is 0.326 e. The SMILES string of the molecule is Cc1cc(C)n(-c2cc(NC(=O)c3cc(=O)[nH]c(=O)[nH]3)ncn2)n1. The number of hydrogen-bond donors (Lipinski definition) is 3. The maximum atomic E-state index is 12.1. The number of amides is 1. The number of anilines is 1. The van der Waals surface area contributed by atoms with Crippen molar-refractivity contribution in [1.82, 2.24) is 29.7 Å². The molecule has 3 N–H and O–H groups in total. The first-order valence-electron chi connectivity index (χ1n) is 6.93. The highest BCUT2D eigenvalue weighted by Gasteiger charge is 2.11. The van der Waals surface area contributed by atoms with Gasteiger partial charge in [-0.25, -0.2) is 19.4 Å². The summed E-state index contributed by atoms with van der Waals surface area (Å²) in [6.07, 6.45) is 1.28. The number of nitrogens with zero attached hydrogens (tertiary/aromatic N) is 4. The Morgan fingerprint density at radius 1 is 1.12 bits per heavy atom. The molecule has 0 unspecified atom stereocenters. The van der Waals surface area contributed by atoms with Gasteiger partial charge in [-0.15, -0.1) is 0 Å². The second-order valence-electron chi connectivity index (χ2n) is 5.06. The van der Waals surface area contributed by atoms with Crippen molar-refractivity contribution in [1.29, 1.82) is 0 Å². The van der Waals surface area contributed by atoms with Crippen LogP contribution in [0.5, 0.6) is 0 Å². The van der Waals surface area contributed by atoms with Gasteiger partial charge in [-0.05, 0) is 19.9 Å². The molecule has 3 aromatic rings. The molecule has 0 aliphatic heterocycles. The molecule has 0 saturated carbocycles. The highest BCUT2D eigenvalue weighted by atomic mass is 16.2. The second kappa shape index (κ2) is 5.91. The van der Waals surface area contributed by atoms with E-state index in [-0.39, 0.29) is 11.5 Å². The van der Waals surface area contributed by atoms with Crippen molar-refractivity contribution >= 4 is 11.7 Å². The fourth-order valence-corrected chi connectivity index (χ4v) is 2.17. The van der Waals surface area contributed by atoms with Crippen LogP contribution in [0.25, 0.3) is 5.82 Å². The molecule has 24 heavy (non-hydrogen) atoms. The summed E-state index contributed by atoms with van der Waals surface area (Å²) in [5, 5.41) is 6.80. The minimum atomic E-state index is -0.765. The Bertz CT molecular complexity index is 1000. The van der Waals surface area contributed by atoms with Gasteiger partial charge in [-0.3, -0.25) is 14.6 Å². The quantitative estimate of drug-likeness (QED) is 0.614. The molecular weight excluding hydrogens is 314 g/mol. The van der Waals surface area contributed by atoms with Crippen LogP contribution < -0.4 is 16.6 Å². The van der Waals surface area contributed by atoms with Crippen molar-refractivity contribution in [3.8, 4) is 5.82 Å². The number of H-pyrrole nitrogens is 2. The summed E-state index contributed by atoms with van der Waals surface area (Å²) in [4.78, 5) is 46.9. The molecule has 0 saturated heterocycles. The maximum absolute atomic E-state index is 12.1. The van der Waals surface area contributed by atoms with Crippen molar-refractivity contribution in [3.05, 3.63) is 62.4 Å². The Morgan fingerprint density at radius 3 is 2.58 bits per heavy atom. The lowest BCUT2D eigenvalue weighted by atomic mass is 10.3. The number of hydrogen-bond acceptors (Lipinski definition) is 6. The van der Waals surface area contributed by atoms with Crippen LogP contribution >= 0.6 is 0 Å². The standard InChI is InChI=1S/C14H13N7O3/c1-7-3-8(2)21(20-7)11-5-10(15-6-16-11)18-13(23)9-4-12(22)19-14(24)17-9/h3-6H,1-2H3,(H,15,16,18,23)(H2,17,19,22,24). The highest BCUT2D eigenvalue weighted by Crippen LogP contribution is 2.12. The van der Waals surface area contributed by atoms with Crippen molar-refractivity contribution in [2.24, 2.45) is 0 Å². The van der Waals surface area contributed by atoms with Crippen LogP contribution in [0, 0.1) is 13.8 Å². The predicted molar refractivity (Wildman–Crippen MR) is 84.3 cm³/mol. The van der Waals surface area contributed by atoms with Crippen molar-refractivity contribution in [3.63, 3.8) is 0 Å². The van der Waals surface area contributed by atoms with Crippen LogP contribution in [0.1, 0.15) is 21.9 Å². The summed E-state index contributed by atoms with van der Waals surface area (Å²) < 4.78 is 1.61.